The van der Waals surface area contributed by atoms with Gasteiger partial charge >= 0.3 is 0 Å². The number of aryl methyl sites for hydroxylation is 3. The maximum absolute atomic E-state index is 5.80. The van der Waals surface area contributed by atoms with Crippen LogP contribution in [0.1, 0.15) is 29.6 Å². The van der Waals surface area contributed by atoms with Crippen molar-refractivity contribution >= 4 is 28.4 Å². The van der Waals surface area contributed by atoms with E-state index < -0.39 is 0 Å². The van der Waals surface area contributed by atoms with E-state index in [4.69, 9.17) is 4.42 Å². The van der Waals surface area contributed by atoms with Gasteiger partial charge in [-0.15, -0.1) is 10.2 Å². The Morgan fingerprint density at radius 3 is 2.58 bits per heavy atom. The highest BCUT2D eigenvalue weighted by molar-refractivity contribution is 7.98. The van der Waals surface area contributed by atoms with E-state index in [1.54, 1.807) is 11.8 Å². The lowest BCUT2D eigenvalue weighted by Gasteiger charge is -2.07. The fraction of sp³-hybridized carbons (Fsp3) is 0.263. The fourth-order valence-corrected chi connectivity index (χ4v) is 3.81. The molecule has 1 aromatic carbocycles. The molecule has 0 bridgehead atoms. The van der Waals surface area contributed by atoms with Crippen molar-refractivity contribution in [2.24, 2.45) is 0 Å². The zero-order valence-corrected chi connectivity index (χ0v) is 14.9. The van der Waals surface area contributed by atoms with Crippen LogP contribution in [0.3, 0.4) is 0 Å². The third-order valence-corrected chi connectivity index (χ3v) is 5.20. The molecule has 0 atom stereocenters. The molecule has 3 heterocycles. The highest BCUT2D eigenvalue weighted by atomic mass is 32.2. The van der Waals surface area contributed by atoms with Crippen molar-refractivity contribution in [3.63, 3.8) is 0 Å². The molecule has 0 fully saturated rings. The minimum atomic E-state index is 0.834. The molecule has 122 valence electrons. The standard InChI is InChI=1S/C19H19N3OS/c1-4-18-20-21-19(24-11-14-7-5-12(2)6-8-14)16-10-17-15(22(16)18)9-13(3)23-17/h5-10H,4,11H2,1-3H3. The molecule has 0 spiro atoms. The zero-order chi connectivity index (χ0) is 16.7. The predicted octanol–water partition coefficient (Wildman–Crippen LogP) is 4.95. The Bertz CT molecular complexity index is 1010. The van der Waals surface area contributed by atoms with Gasteiger partial charge in [-0.25, -0.2) is 0 Å². The molecule has 4 nitrogen and oxygen atoms in total. The number of rotatable bonds is 4. The minimum absolute atomic E-state index is 0.834. The molecular formula is C19H19N3OS. The lowest BCUT2D eigenvalue weighted by Crippen LogP contribution is -2.03. The lowest BCUT2D eigenvalue weighted by atomic mass is 10.2. The van der Waals surface area contributed by atoms with Gasteiger partial charge in [0.1, 0.15) is 16.6 Å². The molecule has 0 amide bonds. The van der Waals surface area contributed by atoms with Gasteiger partial charge in [-0.1, -0.05) is 48.5 Å². The summed E-state index contributed by atoms with van der Waals surface area (Å²) in [6.07, 6.45) is 0.834. The van der Waals surface area contributed by atoms with Crippen LogP contribution in [0.4, 0.5) is 0 Å². The third kappa shape index (κ3) is 2.59. The smallest absolute Gasteiger partial charge is 0.153 e. The number of hydrogen-bond donors (Lipinski definition) is 0. The Kier molecular flexibility index (Phi) is 3.81. The van der Waals surface area contributed by atoms with E-state index in [1.165, 1.54) is 11.1 Å². The van der Waals surface area contributed by atoms with Crippen molar-refractivity contribution in [1.29, 1.82) is 0 Å². The summed E-state index contributed by atoms with van der Waals surface area (Å²) in [5.74, 6) is 2.75. The zero-order valence-electron chi connectivity index (χ0n) is 14.0. The summed E-state index contributed by atoms with van der Waals surface area (Å²) in [6, 6.07) is 12.8. The molecule has 3 aromatic heterocycles. The average Bonchev–Trinajstić information content (AvgIpc) is 3.10. The number of furan rings is 1. The van der Waals surface area contributed by atoms with Crippen molar-refractivity contribution in [3.8, 4) is 0 Å². The Hall–Kier alpha value is -2.27. The van der Waals surface area contributed by atoms with Crippen LogP contribution in [0.2, 0.25) is 0 Å². The first kappa shape index (κ1) is 15.3. The van der Waals surface area contributed by atoms with Crippen LogP contribution < -0.4 is 0 Å². The molecule has 0 aliphatic carbocycles. The van der Waals surface area contributed by atoms with Gasteiger partial charge in [0.25, 0.3) is 0 Å². The molecule has 0 aliphatic rings. The second-order valence-electron chi connectivity index (χ2n) is 6.02. The van der Waals surface area contributed by atoms with E-state index in [9.17, 15) is 0 Å². The van der Waals surface area contributed by atoms with Crippen molar-refractivity contribution in [2.75, 3.05) is 0 Å². The molecule has 0 N–H and O–H groups in total. The van der Waals surface area contributed by atoms with E-state index in [2.05, 4.69) is 64.8 Å². The summed E-state index contributed by atoms with van der Waals surface area (Å²) in [4.78, 5) is 0. The molecule has 0 saturated carbocycles. The van der Waals surface area contributed by atoms with E-state index >= 15 is 0 Å². The van der Waals surface area contributed by atoms with Crippen molar-refractivity contribution < 1.29 is 4.42 Å². The van der Waals surface area contributed by atoms with Gasteiger partial charge < -0.3 is 4.42 Å². The average molecular weight is 337 g/mol. The normalized spacial score (nSPS) is 11.6. The molecule has 4 rings (SSSR count). The van der Waals surface area contributed by atoms with Crippen LogP contribution in [0.25, 0.3) is 16.6 Å². The molecule has 4 aromatic rings. The Morgan fingerprint density at radius 1 is 1.04 bits per heavy atom. The summed E-state index contributed by atoms with van der Waals surface area (Å²) >= 11 is 1.71. The molecule has 0 unspecified atom stereocenters. The van der Waals surface area contributed by atoms with E-state index in [0.29, 0.717) is 0 Å². The van der Waals surface area contributed by atoms with E-state index in [1.807, 2.05) is 6.92 Å². The summed E-state index contributed by atoms with van der Waals surface area (Å²) in [5, 5.41) is 9.83. The minimum Gasteiger partial charge on any atom is -0.460 e. The number of thioether (sulfide) groups is 1. The first-order chi connectivity index (χ1) is 11.7. The highest BCUT2D eigenvalue weighted by Gasteiger charge is 2.15. The Morgan fingerprint density at radius 2 is 1.83 bits per heavy atom. The molecular weight excluding hydrogens is 318 g/mol. The fourth-order valence-electron chi connectivity index (χ4n) is 2.92. The van der Waals surface area contributed by atoms with Crippen LogP contribution in [-0.4, -0.2) is 14.6 Å². The maximum atomic E-state index is 5.80. The van der Waals surface area contributed by atoms with Gasteiger partial charge in [-0.3, -0.25) is 4.40 Å². The molecule has 24 heavy (non-hydrogen) atoms. The molecule has 0 radical (unpaired) electrons. The topological polar surface area (TPSA) is 43.3 Å². The molecule has 5 heteroatoms. The maximum Gasteiger partial charge on any atom is 0.153 e. The van der Waals surface area contributed by atoms with Crippen molar-refractivity contribution in [1.82, 2.24) is 14.6 Å². The lowest BCUT2D eigenvalue weighted by molar-refractivity contribution is 0.579. The third-order valence-electron chi connectivity index (χ3n) is 4.16. The van der Waals surface area contributed by atoms with Gasteiger partial charge in [-0.2, -0.15) is 0 Å². The van der Waals surface area contributed by atoms with Crippen LogP contribution in [0, 0.1) is 13.8 Å². The Balaban J connectivity index is 1.75. The second-order valence-corrected chi connectivity index (χ2v) is 6.98. The van der Waals surface area contributed by atoms with Gasteiger partial charge in [0.05, 0.1) is 11.0 Å². The van der Waals surface area contributed by atoms with Crippen LogP contribution in [0.15, 0.2) is 45.8 Å². The second kappa shape index (κ2) is 5.98. The van der Waals surface area contributed by atoms with Crippen molar-refractivity contribution in [3.05, 3.63) is 59.1 Å². The number of nitrogens with zero attached hydrogens (tertiary/aromatic N) is 3. The van der Waals surface area contributed by atoms with E-state index in [0.717, 1.165) is 45.4 Å². The highest BCUT2D eigenvalue weighted by Crippen LogP contribution is 2.31. The Labute approximate surface area is 144 Å². The largest absolute Gasteiger partial charge is 0.460 e. The van der Waals surface area contributed by atoms with Gasteiger partial charge in [-0.05, 0) is 19.4 Å². The monoisotopic (exact) mass is 337 g/mol. The first-order valence-corrected chi connectivity index (χ1v) is 9.09. The number of aromatic nitrogens is 3. The van der Waals surface area contributed by atoms with Crippen LogP contribution in [0.5, 0.6) is 0 Å². The number of hydrogen-bond acceptors (Lipinski definition) is 4. The van der Waals surface area contributed by atoms with Crippen LogP contribution >= 0.6 is 11.8 Å². The summed E-state index contributed by atoms with van der Waals surface area (Å²) in [6.45, 7) is 6.17. The van der Waals surface area contributed by atoms with E-state index in [-0.39, 0.29) is 0 Å². The number of benzene rings is 1. The van der Waals surface area contributed by atoms with Crippen molar-refractivity contribution in [2.45, 2.75) is 38.0 Å². The molecule has 0 aliphatic heterocycles. The first-order valence-electron chi connectivity index (χ1n) is 8.11. The number of fused-ring (bicyclic) bond motifs is 3. The summed E-state index contributed by atoms with van der Waals surface area (Å²) in [5.41, 5.74) is 5.62. The molecule has 0 saturated heterocycles. The summed E-state index contributed by atoms with van der Waals surface area (Å²) in [7, 11) is 0. The summed E-state index contributed by atoms with van der Waals surface area (Å²) < 4.78 is 7.97. The quantitative estimate of drug-likeness (QED) is 0.494. The van der Waals surface area contributed by atoms with Crippen LogP contribution in [-0.2, 0) is 12.2 Å². The predicted molar refractivity (Wildman–Crippen MR) is 97.6 cm³/mol. The van der Waals surface area contributed by atoms with Gasteiger partial charge in [0.15, 0.2) is 5.58 Å². The SMILES string of the molecule is CCc1nnc(SCc2ccc(C)cc2)c2cc3oc(C)cc3n12. The van der Waals surface area contributed by atoms with Gasteiger partial charge in [0.2, 0.25) is 0 Å². The van der Waals surface area contributed by atoms with Gasteiger partial charge in [0, 0.05) is 24.3 Å².